The Hall–Kier alpha value is -1.42. The van der Waals surface area contributed by atoms with E-state index in [1.54, 1.807) is 18.3 Å². The molecule has 0 radical (unpaired) electrons. The molecule has 0 spiro atoms. The lowest BCUT2D eigenvalue weighted by Crippen LogP contribution is -2.39. The smallest absolute Gasteiger partial charge is 0.242 e. The summed E-state index contributed by atoms with van der Waals surface area (Å²) in [7, 11) is 0. The van der Waals surface area contributed by atoms with Gasteiger partial charge in [-0.3, -0.25) is 4.79 Å². The number of amides is 1. The molecule has 0 saturated carbocycles. The van der Waals surface area contributed by atoms with Crippen molar-refractivity contribution in [2.45, 2.75) is 19.9 Å². The third-order valence-electron chi connectivity index (χ3n) is 1.94. The molecule has 0 aliphatic rings. The van der Waals surface area contributed by atoms with E-state index >= 15 is 0 Å². The maximum Gasteiger partial charge on any atom is 0.242 e. The molecule has 14 heavy (non-hydrogen) atoms. The average molecular weight is 193 g/mol. The molecule has 0 bridgehead atoms. The highest BCUT2D eigenvalue weighted by molar-refractivity contribution is 5.93. The number of rotatable bonds is 3. The molecular formula is C10H15N3O. The molecule has 1 rings (SSSR count). The predicted molar refractivity (Wildman–Crippen MR) is 55.7 cm³/mol. The van der Waals surface area contributed by atoms with Gasteiger partial charge >= 0.3 is 0 Å². The molecular weight excluding hydrogens is 178 g/mol. The highest BCUT2D eigenvalue weighted by atomic mass is 16.2. The van der Waals surface area contributed by atoms with Crippen LogP contribution in [0, 0.1) is 5.92 Å². The number of carbonyl (C=O) groups is 1. The molecule has 0 aliphatic heterocycles. The fourth-order valence-electron chi connectivity index (χ4n) is 0.949. The van der Waals surface area contributed by atoms with E-state index in [1.807, 2.05) is 19.9 Å². The fourth-order valence-corrected chi connectivity index (χ4v) is 0.949. The van der Waals surface area contributed by atoms with Crippen molar-refractivity contribution >= 4 is 11.7 Å². The minimum absolute atomic E-state index is 0.124. The Bertz CT molecular complexity index is 297. The lowest BCUT2D eigenvalue weighted by atomic mass is 10.1. The van der Waals surface area contributed by atoms with Crippen LogP contribution < -0.4 is 11.1 Å². The van der Waals surface area contributed by atoms with Crippen molar-refractivity contribution in [3.63, 3.8) is 0 Å². The van der Waals surface area contributed by atoms with E-state index in [2.05, 4.69) is 10.3 Å². The van der Waals surface area contributed by atoms with Crippen LogP contribution in [0.1, 0.15) is 13.8 Å². The van der Waals surface area contributed by atoms with Gasteiger partial charge in [0.05, 0.1) is 6.04 Å². The number of aromatic nitrogens is 1. The second-order valence-electron chi connectivity index (χ2n) is 3.47. The van der Waals surface area contributed by atoms with E-state index in [9.17, 15) is 4.79 Å². The molecule has 1 amide bonds. The number of pyridine rings is 1. The SMILES string of the molecule is CC(C)C(N)C(=O)Nc1ccccn1. The zero-order valence-electron chi connectivity index (χ0n) is 8.40. The highest BCUT2D eigenvalue weighted by Crippen LogP contribution is 2.04. The van der Waals surface area contributed by atoms with Crippen molar-refractivity contribution in [3.05, 3.63) is 24.4 Å². The molecule has 1 aromatic heterocycles. The number of hydrogen-bond donors (Lipinski definition) is 2. The number of anilines is 1. The van der Waals surface area contributed by atoms with Gasteiger partial charge in [-0.25, -0.2) is 4.98 Å². The Balaban J connectivity index is 2.58. The Morgan fingerprint density at radius 1 is 1.50 bits per heavy atom. The summed E-state index contributed by atoms with van der Waals surface area (Å²) < 4.78 is 0. The molecule has 0 saturated heterocycles. The summed E-state index contributed by atoms with van der Waals surface area (Å²) in [5.74, 6) is 0.464. The summed E-state index contributed by atoms with van der Waals surface area (Å²) in [6, 6.07) is 4.84. The first-order valence-corrected chi connectivity index (χ1v) is 4.58. The van der Waals surface area contributed by atoms with Crippen molar-refractivity contribution < 1.29 is 4.79 Å². The van der Waals surface area contributed by atoms with Crippen LogP contribution >= 0.6 is 0 Å². The minimum Gasteiger partial charge on any atom is -0.320 e. The first-order valence-electron chi connectivity index (χ1n) is 4.58. The standard InChI is InChI=1S/C10H15N3O/c1-7(2)9(11)10(14)13-8-5-3-4-6-12-8/h3-7,9H,11H2,1-2H3,(H,12,13,14). The first-order chi connectivity index (χ1) is 6.61. The van der Waals surface area contributed by atoms with Gasteiger partial charge in [-0.05, 0) is 18.1 Å². The Labute approximate surface area is 83.5 Å². The van der Waals surface area contributed by atoms with Crippen LogP contribution in [0.4, 0.5) is 5.82 Å². The summed E-state index contributed by atoms with van der Waals surface area (Å²) in [5, 5.41) is 2.65. The summed E-state index contributed by atoms with van der Waals surface area (Å²) in [6.07, 6.45) is 1.62. The van der Waals surface area contributed by atoms with E-state index in [1.165, 1.54) is 0 Å². The maximum absolute atomic E-state index is 11.5. The zero-order chi connectivity index (χ0) is 10.6. The van der Waals surface area contributed by atoms with Crippen molar-refractivity contribution in [2.75, 3.05) is 5.32 Å². The summed E-state index contributed by atoms with van der Waals surface area (Å²) in [4.78, 5) is 15.5. The van der Waals surface area contributed by atoms with Gasteiger partial charge in [0, 0.05) is 6.20 Å². The Kier molecular flexibility index (Phi) is 3.59. The summed E-state index contributed by atoms with van der Waals surface area (Å²) >= 11 is 0. The van der Waals surface area contributed by atoms with Crippen molar-refractivity contribution in [1.29, 1.82) is 0 Å². The van der Waals surface area contributed by atoms with Crippen LogP contribution in [0.2, 0.25) is 0 Å². The molecule has 1 heterocycles. The van der Waals surface area contributed by atoms with Gasteiger partial charge in [0.2, 0.25) is 5.91 Å². The van der Waals surface area contributed by atoms with Crippen LogP contribution in [0.5, 0.6) is 0 Å². The van der Waals surface area contributed by atoms with E-state index in [0.717, 1.165) is 0 Å². The molecule has 4 heteroatoms. The lowest BCUT2D eigenvalue weighted by Gasteiger charge is -2.14. The predicted octanol–water partition coefficient (Wildman–Crippen LogP) is 1.00. The molecule has 76 valence electrons. The van der Waals surface area contributed by atoms with Crippen molar-refractivity contribution in [1.82, 2.24) is 4.98 Å². The Morgan fingerprint density at radius 2 is 2.21 bits per heavy atom. The summed E-state index contributed by atoms with van der Waals surface area (Å²) in [6.45, 7) is 3.81. The maximum atomic E-state index is 11.5. The van der Waals surface area contributed by atoms with E-state index in [4.69, 9.17) is 5.73 Å². The zero-order valence-corrected chi connectivity index (χ0v) is 8.40. The molecule has 4 nitrogen and oxygen atoms in total. The molecule has 3 N–H and O–H groups in total. The normalized spacial score (nSPS) is 12.6. The van der Waals surface area contributed by atoms with Crippen LogP contribution in [0.15, 0.2) is 24.4 Å². The quantitative estimate of drug-likeness (QED) is 0.752. The van der Waals surface area contributed by atoms with E-state index < -0.39 is 6.04 Å². The number of hydrogen-bond acceptors (Lipinski definition) is 3. The van der Waals surface area contributed by atoms with Gasteiger partial charge in [0.15, 0.2) is 0 Å². The largest absolute Gasteiger partial charge is 0.320 e. The van der Waals surface area contributed by atoms with E-state index in [0.29, 0.717) is 5.82 Å². The first kappa shape index (κ1) is 10.7. The van der Waals surface area contributed by atoms with Crippen molar-refractivity contribution in [2.24, 2.45) is 11.7 Å². The Morgan fingerprint density at radius 3 is 2.71 bits per heavy atom. The van der Waals surface area contributed by atoms with Gasteiger partial charge in [0.1, 0.15) is 5.82 Å². The van der Waals surface area contributed by atoms with Gasteiger partial charge in [0.25, 0.3) is 0 Å². The number of nitrogens with zero attached hydrogens (tertiary/aromatic N) is 1. The second kappa shape index (κ2) is 4.72. The van der Waals surface area contributed by atoms with Crippen LogP contribution in [0.3, 0.4) is 0 Å². The number of nitrogens with two attached hydrogens (primary N) is 1. The van der Waals surface area contributed by atoms with Gasteiger partial charge in [-0.2, -0.15) is 0 Å². The highest BCUT2D eigenvalue weighted by Gasteiger charge is 2.17. The van der Waals surface area contributed by atoms with Crippen LogP contribution in [-0.2, 0) is 4.79 Å². The molecule has 1 aromatic rings. The van der Waals surface area contributed by atoms with Gasteiger partial charge < -0.3 is 11.1 Å². The lowest BCUT2D eigenvalue weighted by molar-refractivity contribution is -0.118. The third kappa shape index (κ3) is 2.81. The van der Waals surface area contributed by atoms with Crippen molar-refractivity contribution in [3.8, 4) is 0 Å². The second-order valence-corrected chi connectivity index (χ2v) is 3.47. The third-order valence-corrected chi connectivity index (χ3v) is 1.94. The average Bonchev–Trinajstić information content (AvgIpc) is 2.18. The van der Waals surface area contributed by atoms with Gasteiger partial charge in [-0.15, -0.1) is 0 Å². The van der Waals surface area contributed by atoms with Crippen LogP contribution in [0.25, 0.3) is 0 Å². The minimum atomic E-state index is -0.489. The molecule has 0 aliphatic carbocycles. The molecule has 0 aromatic carbocycles. The number of nitrogens with one attached hydrogen (secondary N) is 1. The van der Waals surface area contributed by atoms with Crippen LogP contribution in [-0.4, -0.2) is 16.9 Å². The number of carbonyl (C=O) groups excluding carboxylic acids is 1. The molecule has 1 atom stereocenters. The molecule has 1 unspecified atom stereocenters. The fraction of sp³-hybridized carbons (Fsp3) is 0.400. The van der Waals surface area contributed by atoms with Gasteiger partial charge in [-0.1, -0.05) is 19.9 Å². The summed E-state index contributed by atoms with van der Waals surface area (Å²) in [5.41, 5.74) is 5.67. The monoisotopic (exact) mass is 193 g/mol. The molecule has 0 fully saturated rings. The topological polar surface area (TPSA) is 68.0 Å². The van der Waals surface area contributed by atoms with E-state index in [-0.39, 0.29) is 11.8 Å².